The number of rotatable bonds is 9. The monoisotopic (exact) mass is 422 g/mol. The predicted molar refractivity (Wildman–Crippen MR) is 121 cm³/mol. The van der Waals surface area contributed by atoms with Crippen molar-refractivity contribution in [1.82, 2.24) is 15.5 Å². The molecule has 0 spiro atoms. The van der Waals surface area contributed by atoms with Gasteiger partial charge in [-0.2, -0.15) is 0 Å². The zero-order valence-corrected chi connectivity index (χ0v) is 18.1. The van der Waals surface area contributed by atoms with Crippen molar-refractivity contribution in [3.05, 3.63) is 71.3 Å². The molecule has 7 heteroatoms. The number of imide groups is 1. The lowest BCUT2D eigenvalue weighted by atomic mass is 9.96. The summed E-state index contributed by atoms with van der Waals surface area (Å²) in [6.45, 7) is 5.69. The highest BCUT2D eigenvalue weighted by Gasteiger charge is 2.34. The van der Waals surface area contributed by atoms with E-state index in [2.05, 4.69) is 15.6 Å². The van der Waals surface area contributed by atoms with Gasteiger partial charge >= 0.3 is 0 Å². The Morgan fingerprint density at radius 3 is 2.19 bits per heavy atom. The third kappa shape index (κ3) is 5.49. The van der Waals surface area contributed by atoms with Gasteiger partial charge in [0.25, 0.3) is 11.8 Å². The number of aliphatic hydroxyl groups is 1. The Kier molecular flexibility index (Phi) is 7.41. The van der Waals surface area contributed by atoms with Crippen LogP contribution in [0.1, 0.15) is 53.0 Å². The first-order valence-corrected chi connectivity index (χ1v) is 10.7. The third-order valence-corrected chi connectivity index (χ3v) is 5.26. The molecule has 0 aliphatic carbocycles. The summed E-state index contributed by atoms with van der Waals surface area (Å²) in [6, 6.07) is 16.4. The van der Waals surface area contributed by atoms with Crippen molar-refractivity contribution < 1.29 is 14.7 Å². The number of benzene rings is 2. The number of guanidine groups is 1. The van der Waals surface area contributed by atoms with Crippen LogP contribution in [0.25, 0.3) is 0 Å². The lowest BCUT2D eigenvalue weighted by Crippen LogP contribution is -2.39. The average Bonchev–Trinajstić information content (AvgIpc) is 3.02. The molecule has 3 rings (SSSR count). The summed E-state index contributed by atoms with van der Waals surface area (Å²) in [5, 5.41) is 17.1. The minimum Gasteiger partial charge on any atom is -0.384 e. The van der Waals surface area contributed by atoms with E-state index in [1.807, 2.05) is 37.3 Å². The van der Waals surface area contributed by atoms with E-state index in [9.17, 15) is 14.7 Å². The number of hydrogen-bond acceptors (Lipinski definition) is 4. The third-order valence-electron chi connectivity index (χ3n) is 5.26. The molecule has 0 aromatic heterocycles. The van der Waals surface area contributed by atoms with Gasteiger partial charge in [0.05, 0.1) is 17.7 Å². The van der Waals surface area contributed by atoms with Gasteiger partial charge in [-0.25, -0.2) is 4.99 Å². The van der Waals surface area contributed by atoms with Crippen molar-refractivity contribution >= 4 is 17.8 Å². The van der Waals surface area contributed by atoms with Crippen molar-refractivity contribution in [3.8, 4) is 0 Å². The summed E-state index contributed by atoms with van der Waals surface area (Å²) in [4.78, 5) is 30.6. The second-order valence-corrected chi connectivity index (χ2v) is 7.78. The number of carbonyl (C=O) groups excluding carboxylic acids is 2. The molecule has 0 fully saturated rings. The SMILES string of the molecule is CCNC(=NCC(C)(O)c1ccccc1)NCCCCN1C(=O)c2ccccc2C1=O. The van der Waals surface area contributed by atoms with Gasteiger partial charge in [0, 0.05) is 19.6 Å². The topological polar surface area (TPSA) is 94.0 Å². The van der Waals surface area contributed by atoms with Gasteiger partial charge < -0.3 is 15.7 Å². The summed E-state index contributed by atoms with van der Waals surface area (Å²) >= 11 is 0. The highest BCUT2D eigenvalue weighted by Crippen LogP contribution is 2.22. The lowest BCUT2D eigenvalue weighted by Gasteiger charge is -2.22. The Hall–Kier alpha value is -3.19. The van der Waals surface area contributed by atoms with Crippen LogP contribution in [-0.4, -0.2) is 54.0 Å². The predicted octanol–water partition coefficient (Wildman–Crippen LogP) is 2.53. The maximum atomic E-state index is 12.4. The Bertz CT molecular complexity index is 906. The number of nitrogens with one attached hydrogen (secondary N) is 2. The fourth-order valence-electron chi connectivity index (χ4n) is 3.51. The van der Waals surface area contributed by atoms with Crippen molar-refractivity contribution in [2.75, 3.05) is 26.2 Å². The summed E-state index contributed by atoms with van der Waals surface area (Å²) < 4.78 is 0. The van der Waals surface area contributed by atoms with E-state index in [1.54, 1.807) is 31.2 Å². The fourth-order valence-corrected chi connectivity index (χ4v) is 3.51. The molecule has 31 heavy (non-hydrogen) atoms. The van der Waals surface area contributed by atoms with Crippen LogP contribution in [0.3, 0.4) is 0 Å². The largest absolute Gasteiger partial charge is 0.384 e. The number of unbranched alkanes of at least 4 members (excludes halogenated alkanes) is 1. The molecule has 164 valence electrons. The molecular weight excluding hydrogens is 392 g/mol. The van der Waals surface area contributed by atoms with Crippen LogP contribution in [0.5, 0.6) is 0 Å². The van der Waals surface area contributed by atoms with Gasteiger partial charge in [0.15, 0.2) is 5.96 Å². The van der Waals surface area contributed by atoms with Crippen molar-refractivity contribution in [2.24, 2.45) is 4.99 Å². The van der Waals surface area contributed by atoms with Crippen LogP contribution >= 0.6 is 0 Å². The van der Waals surface area contributed by atoms with E-state index < -0.39 is 5.60 Å². The molecule has 0 saturated heterocycles. The van der Waals surface area contributed by atoms with Crippen LogP contribution in [0.2, 0.25) is 0 Å². The van der Waals surface area contributed by atoms with Crippen LogP contribution in [0.15, 0.2) is 59.6 Å². The van der Waals surface area contributed by atoms with Gasteiger partial charge in [-0.15, -0.1) is 0 Å². The van der Waals surface area contributed by atoms with E-state index in [4.69, 9.17) is 0 Å². The molecule has 1 unspecified atom stereocenters. The molecule has 2 amide bonds. The molecule has 2 aromatic rings. The Morgan fingerprint density at radius 2 is 1.58 bits per heavy atom. The molecule has 1 aliphatic heterocycles. The van der Waals surface area contributed by atoms with Crippen LogP contribution in [-0.2, 0) is 5.60 Å². The van der Waals surface area contributed by atoms with E-state index in [-0.39, 0.29) is 18.4 Å². The highest BCUT2D eigenvalue weighted by molar-refractivity contribution is 6.21. The Morgan fingerprint density at radius 1 is 0.968 bits per heavy atom. The van der Waals surface area contributed by atoms with E-state index in [0.717, 1.165) is 12.0 Å². The standard InChI is InChI=1S/C24H30N4O3/c1-3-25-23(27-17-24(2,31)18-11-5-4-6-12-18)26-15-9-10-16-28-21(29)19-13-7-8-14-20(19)22(28)30/h4-8,11-14,31H,3,9-10,15-17H2,1-2H3,(H2,25,26,27). The maximum absolute atomic E-state index is 12.4. The molecule has 0 radical (unpaired) electrons. The zero-order chi connectivity index (χ0) is 22.3. The highest BCUT2D eigenvalue weighted by atomic mass is 16.3. The summed E-state index contributed by atoms with van der Waals surface area (Å²) in [5.41, 5.74) is 0.723. The average molecular weight is 423 g/mol. The summed E-state index contributed by atoms with van der Waals surface area (Å²) in [6.07, 6.45) is 1.46. The molecule has 1 aliphatic rings. The molecule has 7 nitrogen and oxygen atoms in total. The van der Waals surface area contributed by atoms with Crippen molar-refractivity contribution in [1.29, 1.82) is 0 Å². The van der Waals surface area contributed by atoms with E-state index in [0.29, 0.717) is 43.1 Å². The smallest absolute Gasteiger partial charge is 0.261 e. The van der Waals surface area contributed by atoms with Crippen molar-refractivity contribution in [2.45, 2.75) is 32.3 Å². The number of hydrogen-bond donors (Lipinski definition) is 3. The first-order chi connectivity index (χ1) is 14.9. The molecule has 1 atom stereocenters. The number of aliphatic imine (C=N–C) groups is 1. The number of carbonyl (C=O) groups is 2. The normalized spacial score (nSPS) is 15.6. The lowest BCUT2D eigenvalue weighted by molar-refractivity contribution is 0.0649. The minimum absolute atomic E-state index is 0.216. The van der Waals surface area contributed by atoms with Crippen LogP contribution in [0.4, 0.5) is 0 Å². The fraction of sp³-hybridized carbons (Fsp3) is 0.375. The van der Waals surface area contributed by atoms with Gasteiger partial charge in [0.2, 0.25) is 0 Å². The summed E-state index contributed by atoms with van der Waals surface area (Å²) in [5.74, 6) is 0.192. The van der Waals surface area contributed by atoms with Crippen LogP contribution in [0, 0.1) is 0 Å². The van der Waals surface area contributed by atoms with Gasteiger partial charge in [0.1, 0.15) is 5.60 Å². The second-order valence-electron chi connectivity index (χ2n) is 7.78. The molecule has 1 heterocycles. The molecule has 2 aromatic carbocycles. The maximum Gasteiger partial charge on any atom is 0.261 e. The first kappa shape index (κ1) is 22.5. The second kappa shape index (κ2) is 10.2. The number of fused-ring (bicyclic) bond motifs is 1. The number of amides is 2. The molecule has 0 saturated carbocycles. The Labute approximate surface area is 183 Å². The van der Waals surface area contributed by atoms with E-state index >= 15 is 0 Å². The number of nitrogens with zero attached hydrogens (tertiary/aromatic N) is 2. The van der Waals surface area contributed by atoms with Gasteiger partial charge in [-0.3, -0.25) is 14.5 Å². The van der Waals surface area contributed by atoms with Gasteiger partial charge in [-0.1, -0.05) is 42.5 Å². The Balaban J connectivity index is 1.46. The molecular formula is C24H30N4O3. The molecule has 3 N–H and O–H groups in total. The zero-order valence-electron chi connectivity index (χ0n) is 18.1. The van der Waals surface area contributed by atoms with Crippen LogP contribution < -0.4 is 10.6 Å². The van der Waals surface area contributed by atoms with E-state index in [1.165, 1.54) is 4.90 Å². The van der Waals surface area contributed by atoms with Gasteiger partial charge in [-0.05, 0) is 44.4 Å². The van der Waals surface area contributed by atoms with Crippen molar-refractivity contribution in [3.63, 3.8) is 0 Å². The summed E-state index contributed by atoms with van der Waals surface area (Å²) in [7, 11) is 0. The first-order valence-electron chi connectivity index (χ1n) is 10.7. The quantitative estimate of drug-likeness (QED) is 0.250. The minimum atomic E-state index is -1.06. The molecule has 0 bridgehead atoms.